The summed E-state index contributed by atoms with van der Waals surface area (Å²) in [5.74, 6) is 0.486. The van der Waals surface area contributed by atoms with Gasteiger partial charge in [-0.05, 0) is 38.5 Å². The third-order valence-corrected chi connectivity index (χ3v) is 2.61. The zero-order valence-electron chi connectivity index (χ0n) is 7.51. The van der Waals surface area contributed by atoms with Crippen molar-refractivity contribution in [2.24, 2.45) is 5.92 Å². The van der Waals surface area contributed by atoms with Crippen molar-refractivity contribution in [3.05, 3.63) is 11.6 Å². The average Bonchev–Trinajstić information content (AvgIpc) is 1.98. The molecule has 0 radical (unpaired) electrons. The van der Waals surface area contributed by atoms with Gasteiger partial charge in [-0.2, -0.15) is 0 Å². The molecule has 1 heteroatoms. The maximum absolute atomic E-state index is 9.57. The largest absolute Gasteiger partial charge is 0.393 e. The Kier molecular flexibility index (Phi) is 3.13. The Morgan fingerprint density at radius 1 is 1.45 bits per heavy atom. The highest BCUT2D eigenvalue weighted by Crippen LogP contribution is 2.21. The molecule has 1 aliphatic rings. The maximum Gasteiger partial charge on any atom is 0.0568 e. The maximum atomic E-state index is 9.57. The first-order valence-corrected chi connectivity index (χ1v) is 4.54. The second-order valence-electron chi connectivity index (χ2n) is 3.71. The highest BCUT2D eigenvalue weighted by atomic mass is 16.3. The fraction of sp³-hybridized carbons (Fsp3) is 0.800. The summed E-state index contributed by atoms with van der Waals surface area (Å²) in [6.07, 6.45) is 6.54. The van der Waals surface area contributed by atoms with Gasteiger partial charge < -0.3 is 5.11 Å². The van der Waals surface area contributed by atoms with E-state index in [1.807, 2.05) is 0 Å². The molecule has 1 nitrogen and oxygen atoms in total. The van der Waals surface area contributed by atoms with Crippen molar-refractivity contribution in [1.82, 2.24) is 0 Å². The van der Waals surface area contributed by atoms with Gasteiger partial charge in [0.15, 0.2) is 0 Å². The second-order valence-corrected chi connectivity index (χ2v) is 3.71. The molecule has 1 aliphatic carbocycles. The summed E-state index contributed by atoms with van der Waals surface area (Å²) in [6, 6.07) is 0. The van der Waals surface area contributed by atoms with Crippen molar-refractivity contribution >= 4 is 0 Å². The Balaban J connectivity index is 2.49. The van der Waals surface area contributed by atoms with Crippen molar-refractivity contribution in [2.45, 2.75) is 45.6 Å². The summed E-state index contributed by atoms with van der Waals surface area (Å²) >= 11 is 0. The normalized spacial score (nSPS) is 33.9. The molecule has 1 N–H and O–H groups in total. The lowest BCUT2D eigenvalue weighted by molar-refractivity contribution is 0.102. The third kappa shape index (κ3) is 2.66. The molecule has 0 saturated heterocycles. The fourth-order valence-corrected chi connectivity index (χ4v) is 1.55. The van der Waals surface area contributed by atoms with Gasteiger partial charge in [0.1, 0.15) is 0 Å². The quantitative estimate of drug-likeness (QED) is 0.531. The van der Waals surface area contributed by atoms with E-state index >= 15 is 0 Å². The lowest BCUT2D eigenvalue weighted by Gasteiger charge is -2.20. The molecule has 0 aliphatic heterocycles. The minimum atomic E-state index is -0.0707. The minimum Gasteiger partial charge on any atom is -0.393 e. The van der Waals surface area contributed by atoms with Crippen molar-refractivity contribution in [3.8, 4) is 0 Å². The summed E-state index contributed by atoms with van der Waals surface area (Å²) in [4.78, 5) is 0. The smallest absolute Gasteiger partial charge is 0.0568 e. The molecule has 0 saturated carbocycles. The second kappa shape index (κ2) is 3.91. The molecular weight excluding hydrogens is 136 g/mol. The van der Waals surface area contributed by atoms with Crippen molar-refractivity contribution < 1.29 is 5.11 Å². The van der Waals surface area contributed by atoms with E-state index in [1.165, 1.54) is 5.57 Å². The van der Waals surface area contributed by atoms with E-state index in [0.717, 1.165) is 25.7 Å². The zero-order valence-corrected chi connectivity index (χ0v) is 7.51. The molecule has 0 heterocycles. The van der Waals surface area contributed by atoms with Crippen LogP contribution in [-0.4, -0.2) is 11.2 Å². The van der Waals surface area contributed by atoms with Crippen LogP contribution < -0.4 is 0 Å². The molecule has 1 rings (SSSR count). The van der Waals surface area contributed by atoms with E-state index in [0.29, 0.717) is 5.92 Å². The van der Waals surface area contributed by atoms with E-state index in [1.54, 1.807) is 0 Å². The molecule has 0 amide bonds. The van der Waals surface area contributed by atoms with Crippen LogP contribution in [0.2, 0.25) is 0 Å². The molecule has 64 valence electrons. The van der Waals surface area contributed by atoms with Crippen LogP contribution in [0.3, 0.4) is 0 Å². The van der Waals surface area contributed by atoms with Crippen molar-refractivity contribution in [1.29, 1.82) is 0 Å². The SMILES string of the molecule is CC1=CCCC(C)C(O)CC1. The lowest BCUT2D eigenvalue weighted by atomic mass is 9.91. The number of aliphatic hydroxyl groups excluding tert-OH is 1. The number of rotatable bonds is 0. The first kappa shape index (κ1) is 8.79. The number of hydrogen-bond donors (Lipinski definition) is 1. The standard InChI is InChI=1S/C10H18O/c1-8-4-3-5-9(2)10(11)7-6-8/h4,9-11H,3,5-7H2,1-2H3. The van der Waals surface area contributed by atoms with Gasteiger partial charge in [0.2, 0.25) is 0 Å². The zero-order chi connectivity index (χ0) is 8.27. The van der Waals surface area contributed by atoms with Gasteiger partial charge in [-0.25, -0.2) is 0 Å². The predicted octanol–water partition coefficient (Wildman–Crippen LogP) is 2.50. The molecule has 0 bridgehead atoms. The van der Waals surface area contributed by atoms with Crippen LogP contribution in [0.1, 0.15) is 39.5 Å². The number of hydrogen-bond acceptors (Lipinski definition) is 1. The summed E-state index contributed by atoms with van der Waals surface area (Å²) in [5, 5.41) is 9.57. The summed E-state index contributed by atoms with van der Waals surface area (Å²) in [5.41, 5.74) is 1.44. The highest BCUT2D eigenvalue weighted by Gasteiger charge is 2.14. The monoisotopic (exact) mass is 154 g/mol. The first-order valence-electron chi connectivity index (χ1n) is 4.54. The lowest BCUT2D eigenvalue weighted by Crippen LogP contribution is -2.18. The highest BCUT2D eigenvalue weighted by molar-refractivity contribution is 4.99. The molecule has 0 aromatic heterocycles. The van der Waals surface area contributed by atoms with Crippen LogP contribution in [0.25, 0.3) is 0 Å². The third-order valence-electron chi connectivity index (χ3n) is 2.61. The Morgan fingerprint density at radius 3 is 2.91 bits per heavy atom. The van der Waals surface area contributed by atoms with E-state index in [4.69, 9.17) is 0 Å². The van der Waals surface area contributed by atoms with Gasteiger partial charge in [-0.1, -0.05) is 18.6 Å². The number of allylic oxidation sites excluding steroid dienone is 2. The molecular formula is C10H18O. The first-order chi connectivity index (χ1) is 5.20. The van der Waals surface area contributed by atoms with Crippen LogP contribution in [0.5, 0.6) is 0 Å². The summed E-state index contributed by atoms with van der Waals surface area (Å²) in [7, 11) is 0. The topological polar surface area (TPSA) is 20.2 Å². The summed E-state index contributed by atoms with van der Waals surface area (Å²) < 4.78 is 0. The molecule has 2 atom stereocenters. The van der Waals surface area contributed by atoms with Crippen LogP contribution in [0.15, 0.2) is 11.6 Å². The minimum absolute atomic E-state index is 0.0707. The average molecular weight is 154 g/mol. The van der Waals surface area contributed by atoms with Crippen molar-refractivity contribution in [2.75, 3.05) is 0 Å². The number of aliphatic hydroxyl groups is 1. The van der Waals surface area contributed by atoms with Crippen LogP contribution in [-0.2, 0) is 0 Å². The molecule has 0 aromatic carbocycles. The Bertz CT molecular complexity index is 149. The molecule has 2 unspecified atom stereocenters. The Labute approximate surface area is 69.1 Å². The van der Waals surface area contributed by atoms with E-state index < -0.39 is 0 Å². The van der Waals surface area contributed by atoms with Gasteiger partial charge in [-0.3, -0.25) is 0 Å². The van der Waals surface area contributed by atoms with E-state index in [9.17, 15) is 5.11 Å². The van der Waals surface area contributed by atoms with E-state index in [2.05, 4.69) is 19.9 Å². The molecule has 11 heavy (non-hydrogen) atoms. The van der Waals surface area contributed by atoms with E-state index in [-0.39, 0.29) is 6.10 Å². The van der Waals surface area contributed by atoms with Crippen molar-refractivity contribution in [3.63, 3.8) is 0 Å². The summed E-state index contributed by atoms with van der Waals surface area (Å²) in [6.45, 7) is 4.29. The predicted molar refractivity (Wildman–Crippen MR) is 47.4 cm³/mol. The molecule has 0 spiro atoms. The Morgan fingerprint density at radius 2 is 2.18 bits per heavy atom. The van der Waals surface area contributed by atoms with Gasteiger partial charge in [-0.15, -0.1) is 0 Å². The van der Waals surface area contributed by atoms with Gasteiger partial charge >= 0.3 is 0 Å². The van der Waals surface area contributed by atoms with Crippen LogP contribution in [0, 0.1) is 5.92 Å². The van der Waals surface area contributed by atoms with Gasteiger partial charge in [0.05, 0.1) is 6.10 Å². The fourth-order valence-electron chi connectivity index (χ4n) is 1.55. The Hall–Kier alpha value is -0.300. The van der Waals surface area contributed by atoms with Crippen LogP contribution in [0.4, 0.5) is 0 Å². The van der Waals surface area contributed by atoms with Gasteiger partial charge in [0, 0.05) is 0 Å². The molecule has 0 fully saturated rings. The van der Waals surface area contributed by atoms with Gasteiger partial charge in [0.25, 0.3) is 0 Å². The van der Waals surface area contributed by atoms with Crippen LogP contribution >= 0.6 is 0 Å². The molecule has 0 aromatic rings.